The number of hydrogen-bond donors (Lipinski definition) is 0. The fraction of sp³-hybridized carbons (Fsp3) is 0.488. The summed E-state index contributed by atoms with van der Waals surface area (Å²) in [5.74, 6) is -2.79. The smallest absolute Gasteiger partial charge is 0.410 e. The number of hydrogen-bond acceptors (Lipinski definition) is 12. The van der Waals surface area contributed by atoms with E-state index in [1.807, 2.05) is 6.92 Å². The summed E-state index contributed by atoms with van der Waals surface area (Å²) in [6.45, 7) is 3.12. The number of fused-ring (bicyclic) bond motifs is 1. The van der Waals surface area contributed by atoms with Crippen molar-refractivity contribution < 1.29 is 69.4 Å². The first kappa shape index (κ1) is 49.5. The molecule has 16 nitrogen and oxygen atoms in total. The van der Waals surface area contributed by atoms with Crippen molar-refractivity contribution in [2.75, 3.05) is 63.2 Å². The van der Waals surface area contributed by atoms with Gasteiger partial charge in [0.1, 0.15) is 28.3 Å². The maximum Gasteiger partial charge on any atom is 0.410 e. The first-order valence-electron chi connectivity index (χ1n) is 19.8. The summed E-state index contributed by atoms with van der Waals surface area (Å²) in [5.41, 5.74) is -0.465. The molecule has 0 spiro atoms. The molecule has 2 heterocycles. The highest BCUT2D eigenvalue weighted by Gasteiger charge is 2.39. The van der Waals surface area contributed by atoms with E-state index < -0.39 is 58.8 Å². The third kappa shape index (κ3) is 13.7. The maximum atomic E-state index is 13.8. The number of halogens is 4. The zero-order valence-corrected chi connectivity index (χ0v) is 38.9. The van der Waals surface area contributed by atoms with E-state index in [1.54, 1.807) is 20.8 Å². The van der Waals surface area contributed by atoms with Gasteiger partial charge < -0.3 is 28.6 Å². The normalized spacial score (nSPS) is 14.6. The third-order valence-corrected chi connectivity index (χ3v) is 12.0. The van der Waals surface area contributed by atoms with Gasteiger partial charge in [-0.15, -0.1) is 0 Å². The van der Waals surface area contributed by atoms with Crippen LogP contribution in [0.3, 0.4) is 0 Å². The van der Waals surface area contributed by atoms with Crippen LogP contribution in [0.5, 0.6) is 11.5 Å². The molecule has 0 radical (unpaired) electrons. The Hall–Kier alpha value is -4.55. The van der Waals surface area contributed by atoms with Crippen LogP contribution in [-0.4, -0.2) is 113 Å². The molecule has 2 atom stereocenters. The molecule has 0 bridgehead atoms. The quantitative estimate of drug-likeness (QED) is 0.0465. The summed E-state index contributed by atoms with van der Waals surface area (Å²) in [4.78, 5) is 56.2. The van der Waals surface area contributed by atoms with E-state index in [9.17, 15) is 36.4 Å². The number of alkyl halides is 2. The van der Waals surface area contributed by atoms with Crippen molar-refractivity contribution in [1.82, 2.24) is 9.80 Å². The highest BCUT2D eigenvalue weighted by Crippen LogP contribution is 2.38. The van der Waals surface area contributed by atoms with Crippen LogP contribution in [0.4, 0.5) is 19.3 Å². The number of rotatable bonds is 22. The number of aromatic nitrogens is 1. The molecule has 1 fully saturated rings. The number of esters is 1. The van der Waals surface area contributed by atoms with Crippen molar-refractivity contribution in [3.63, 3.8) is 0 Å². The molecule has 1 aromatic heterocycles. The number of benzene rings is 2. The number of carbonyl (C=O) groups excluding carboxylic acids is 4. The highest BCUT2D eigenvalue weighted by molar-refractivity contribution is 7.92. The minimum absolute atomic E-state index is 0.0234. The van der Waals surface area contributed by atoms with Crippen LogP contribution >= 0.6 is 32.0 Å². The largest absolute Gasteiger partial charge is 0.489 e. The van der Waals surface area contributed by atoms with E-state index in [0.717, 1.165) is 29.6 Å². The van der Waals surface area contributed by atoms with Gasteiger partial charge in [0.05, 0.1) is 42.8 Å². The van der Waals surface area contributed by atoms with Crippen molar-refractivity contribution in [2.24, 2.45) is 5.92 Å². The van der Waals surface area contributed by atoms with Gasteiger partial charge in [-0.1, -0.05) is 36.2 Å². The molecule has 63 heavy (non-hydrogen) atoms. The first-order chi connectivity index (χ1) is 29.7. The van der Waals surface area contributed by atoms with E-state index in [0.29, 0.717) is 10.5 Å². The molecule has 1 aliphatic carbocycles. The van der Waals surface area contributed by atoms with Crippen LogP contribution in [-0.2, 0) is 35.4 Å². The Kier molecular flexibility index (Phi) is 16.8. The van der Waals surface area contributed by atoms with Crippen LogP contribution in [0.2, 0.25) is 10.0 Å². The molecular weight excluding hydrogens is 912 g/mol. The second-order valence-corrected chi connectivity index (χ2v) is 19.5. The lowest BCUT2D eigenvalue weighted by Crippen LogP contribution is -2.44. The average Bonchev–Trinajstić information content (AvgIpc) is 4.00. The maximum absolute atomic E-state index is 13.8. The minimum Gasteiger partial charge on any atom is -0.489 e. The molecule has 5 rings (SSSR count). The van der Waals surface area contributed by atoms with Gasteiger partial charge in [0.15, 0.2) is 20.3 Å². The van der Waals surface area contributed by atoms with Crippen molar-refractivity contribution in [3.05, 3.63) is 81.1 Å². The number of methoxy groups -OCH3 is 1. The van der Waals surface area contributed by atoms with Gasteiger partial charge in [0.2, 0.25) is 22.4 Å². The molecule has 344 valence electrons. The van der Waals surface area contributed by atoms with Crippen LogP contribution < -0.4 is 23.1 Å². The van der Waals surface area contributed by atoms with Crippen molar-refractivity contribution in [3.8, 4) is 11.5 Å². The van der Waals surface area contributed by atoms with Gasteiger partial charge in [-0.3, -0.25) is 28.2 Å². The molecule has 0 N–H and O–H groups in total. The highest BCUT2D eigenvalue weighted by atomic mass is 35.5. The molecule has 2 aromatic carbocycles. The van der Waals surface area contributed by atoms with Gasteiger partial charge in [0.25, 0.3) is 11.8 Å². The second kappa shape index (κ2) is 21.4. The third-order valence-electron chi connectivity index (χ3n) is 9.48. The number of pyridine rings is 1. The summed E-state index contributed by atoms with van der Waals surface area (Å²) in [5, 5.41) is 0.304. The number of ether oxygens (including phenoxy) is 5. The number of sulfonamides is 1. The Morgan fingerprint density at radius 1 is 0.984 bits per heavy atom. The Bertz CT molecular complexity index is 2260. The molecule has 3 aromatic rings. The number of carbonyl (C=O) groups is 4. The SMILES string of the molecule is CCPO[n+]1cc(Cl)c(C[C@H](OC(=O)CN2C(=O)c3ccc(N(CCN(CCOC)C(=O)OC(C)(C)C)S(C)(=O)=O)cc3C2=O)c2ccc(OC(F)F)c(OCC3CC3)c2)c(Cl)c1. The van der Waals surface area contributed by atoms with E-state index in [2.05, 4.69) is 0 Å². The second-order valence-electron chi connectivity index (χ2n) is 15.6. The lowest BCUT2D eigenvalue weighted by Gasteiger charge is -2.30. The Labute approximate surface area is 376 Å². The van der Waals surface area contributed by atoms with Crippen molar-refractivity contribution >= 4 is 71.6 Å². The lowest BCUT2D eigenvalue weighted by atomic mass is 10.0. The zero-order chi connectivity index (χ0) is 46.2. The number of imide groups is 1. The number of anilines is 1. The molecule has 22 heteroatoms. The monoisotopic (exact) mass is 961 g/mol. The number of nitrogens with zero attached hydrogens (tertiary/aromatic N) is 4. The Morgan fingerprint density at radius 3 is 2.27 bits per heavy atom. The van der Waals surface area contributed by atoms with Crippen LogP contribution in [0.1, 0.15) is 78.5 Å². The lowest BCUT2D eigenvalue weighted by molar-refractivity contribution is -0.855. The number of amides is 3. The fourth-order valence-corrected chi connectivity index (χ4v) is 8.17. The van der Waals surface area contributed by atoms with E-state index in [4.69, 9.17) is 51.5 Å². The van der Waals surface area contributed by atoms with Crippen LogP contribution in [0.25, 0.3) is 0 Å². The molecule has 3 amide bonds. The molecule has 1 aliphatic heterocycles. The molecule has 2 aliphatic rings. The predicted molar refractivity (Wildman–Crippen MR) is 230 cm³/mol. The summed E-state index contributed by atoms with van der Waals surface area (Å²) in [6, 6.07) is 7.89. The summed E-state index contributed by atoms with van der Waals surface area (Å²) < 4.78 is 88.0. The van der Waals surface area contributed by atoms with Crippen molar-refractivity contribution in [1.29, 1.82) is 0 Å². The van der Waals surface area contributed by atoms with Gasteiger partial charge in [-0.2, -0.15) is 8.78 Å². The van der Waals surface area contributed by atoms with Crippen molar-refractivity contribution in [2.45, 2.75) is 65.3 Å². The molecule has 0 saturated heterocycles. The summed E-state index contributed by atoms with van der Waals surface area (Å²) >= 11 is 13.3. The van der Waals surface area contributed by atoms with E-state index >= 15 is 0 Å². The minimum atomic E-state index is -4.01. The molecular formula is C41H50Cl2F2N4O12PS+. The van der Waals surface area contributed by atoms with Crippen LogP contribution in [0.15, 0.2) is 48.8 Å². The summed E-state index contributed by atoms with van der Waals surface area (Å²) in [7, 11) is -2.45. The first-order valence-corrected chi connectivity index (χ1v) is 23.6. The Balaban J connectivity index is 1.39. The topological polar surface area (TPSA) is 171 Å². The van der Waals surface area contributed by atoms with Gasteiger partial charge in [0, 0.05) is 43.1 Å². The van der Waals surface area contributed by atoms with Gasteiger partial charge in [-0.25, -0.2) is 13.2 Å². The summed E-state index contributed by atoms with van der Waals surface area (Å²) in [6.07, 6.45) is 4.41. The standard InChI is InChI=1S/C41H50Cl2F2N4O12PS/c1-7-62-61-47-21-31(42)30(32(43)22-47)20-34(26-10-13-33(59-39(44)45)35(18-26)57-24-25-8-9-25)58-36(50)23-48-37(51)28-12-11-27(19-29(28)38(48)52)49(63(6,54)55)15-14-46(16-17-56-5)40(53)60-41(2,3)4/h10-13,18-19,21-22,25,34,39,62H,7-9,14-17,20,23-24H2,1-6H3/q+1/t34-/m0/s1. The predicted octanol–water partition coefficient (Wildman–Crippen LogP) is 6.49. The fourth-order valence-electron chi connectivity index (χ4n) is 6.28. The zero-order valence-electron chi connectivity index (χ0n) is 35.5. The molecule has 1 unspecified atom stereocenters. The van der Waals surface area contributed by atoms with Crippen LogP contribution in [0, 0.1) is 5.92 Å². The Morgan fingerprint density at radius 2 is 1.67 bits per heavy atom. The van der Waals surface area contributed by atoms with Gasteiger partial charge >= 0.3 is 18.7 Å². The van der Waals surface area contributed by atoms with E-state index in [1.165, 1.54) is 65.5 Å². The van der Waals surface area contributed by atoms with Gasteiger partial charge in [-0.05, 0) is 75.4 Å². The molecule has 1 saturated carbocycles. The van der Waals surface area contributed by atoms with E-state index in [-0.39, 0.29) is 97.9 Å². The average molecular weight is 963 g/mol.